The van der Waals surface area contributed by atoms with Gasteiger partial charge in [0.25, 0.3) is 0 Å². The first kappa shape index (κ1) is 14.5. The molecule has 0 amide bonds. The van der Waals surface area contributed by atoms with Gasteiger partial charge in [0.2, 0.25) is 0 Å². The molecular weight excluding hydrogens is 290 g/mol. The van der Waals surface area contributed by atoms with Gasteiger partial charge in [0.15, 0.2) is 5.76 Å². The number of aliphatic hydroxyl groups is 1. The zero-order chi connectivity index (χ0) is 15.9. The van der Waals surface area contributed by atoms with Crippen molar-refractivity contribution in [1.29, 1.82) is 0 Å². The van der Waals surface area contributed by atoms with Gasteiger partial charge in [-0.3, -0.25) is 4.68 Å². The number of nitrogens with one attached hydrogen (secondary N) is 1. The Morgan fingerprint density at radius 1 is 1.35 bits per heavy atom. The van der Waals surface area contributed by atoms with Crippen molar-refractivity contribution >= 4 is 11.0 Å². The van der Waals surface area contributed by atoms with Gasteiger partial charge in [-0.25, -0.2) is 0 Å². The topological polar surface area (TPSA) is 63.2 Å². The summed E-state index contributed by atoms with van der Waals surface area (Å²) in [6.07, 6.45) is 4.91. The van der Waals surface area contributed by atoms with Crippen molar-refractivity contribution in [2.45, 2.75) is 31.4 Å². The highest BCUT2D eigenvalue weighted by Crippen LogP contribution is 2.31. The number of benzene rings is 1. The van der Waals surface area contributed by atoms with E-state index in [1.165, 1.54) is 0 Å². The summed E-state index contributed by atoms with van der Waals surface area (Å²) >= 11 is 0. The Balaban J connectivity index is 1.56. The summed E-state index contributed by atoms with van der Waals surface area (Å²) in [4.78, 5) is 0. The molecule has 0 unspecified atom stereocenters. The number of aryl methyl sites for hydroxylation is 1. The lowest BCUT2D eigenvalue weighted by Gasteiger charge is -2.36. The van der Waals surface area contributed by atoms with Crippen LogP contribution in [0, 0.1) is 0 Å². The number of rotatable bonds is 5. The molecule has 1 aromatic carbocycles. The third-order valence-corrected chi connectivity index (χ3v) is 4.62. The van der Waals surface area contributed by atoms with Crippen molar-refractivity contribution in [3.05, 3.63) is 42.1 Å². The summed E-state index contributed by atoms with van der Waals surface area (Å²) in [5, 5.41) is 19.2. The van der Waals surface area contributed by atoms with E-state index in [2.05, 4.69) is 10.4 Å². The van der Waals surface area contributed by atoms with Gasteiger partial charge in [-0.05, 0) is 31.4 Å². The largest absolute Gasteiger partial charge is 0.454 e. The van der Waals surface area contributed by atoms with Gasteiger partial charge < -0.3 is 14.8 Å². The molecule has 1 aliphatic carbocycles. The summed E-state index contributed by atoms with van der Waals surface area (Å²) < 4.78 is 7.74. The smallest absolute Gasteiger partial charge is 0.156 e. The van der Waals surface area contributed by atoms with Crippen LogP contribution in [0.5, 0.6) is 0 Å². The minimum Gasteiger partial charge on any atom is -0.454 e. The van der Waals surface area contributed by atoms with E-state index >= 15 is 0 Å². The van der Waals surface area contributed by atoms with Crippen molar-refractivity contribution in [3.63, 3.8) is 0 Å². The number of furan rings is 1. The maximum absolute atomic E-state index is 10.2. The van der Waals surface area contributed by atoms with Gasteiger partial charge in [-0.1, -0.05) is 18.2 Å². The first-order valence-electron chi connectivity index (χ1n) is 8.08. The molecular formula is C18H21N3O2. The Kier molecular flexibility index (Phi) is 3.47. The maximum atomic E-state index is 10.2. The minimum absolute atomic E-state index is 0.512. The standard InChI is InChI=1S/C18H21N3O2/c1-21-11-14(10-19-12-18(22)7-4-8-18)17(20-21)16-9-13-5-2-3-6-15(13)23-16/h2-3,5-6,9,11,19,22H,4,7-8,10,12H2,1H3. The average molecular weight is 311 g/mol. The lowest BCUT2D eigenvalue weighted by molar-refractivity contribution is -0.0314. The molecule has 0 atom stereocenters. The van der Waals surface area contributed by atoms with E-state index in [4.69, 9.17) is 4.42 Å². The quantitative estimate of drug-likeness (QED) is 0.760. The van der Waals surface area contributed by atoms with Crippen LogP contribution in [0.25, 0.3) is 22.4 Å². The number of fused-ring (bicyclic) bond motifs is 1. The number of para-hydroxylation sites is 1. The zero-order valence-electron chi connectivity index (χ0n) is 13.2. The van der Waals surface area contributed by atoms with Gasteiger partial charge in [-0.15, -0.1) is 0 Å². The van der Waals surface area contributed by atoms with Crippen molar-refractivity contribution in [3.8, 4) is 11.5 Å². The van der Waals surface area contributed by atoms with E-state index in [1.54, 1.807) is 4.68 Å². The van der Waals surface area contributed by atoms with Crippen LogP contribution in [0.2, 0.25) is 0 Å². The average Bonchev–Trinajstić information content (AvgIpc) is 3.08. The third-order valence-electron chi connectivity index (χ3n) is 4.62. The van der Waals surface area contributed by atoms with Crippen molar-refractivity contribution in [2.24, 2.45) is 7.05 Å². The number of hydrogen-bond donors (Lipinski definition) is 2. The van der Waals surface area contributed by atoms with Crippen LogP contribution in [0.1, 0.15) is 24.8 Å². The van der Waals surface area contributed by atoms with Crippen LogP contribution in [0.15, 0.2) is 40.9 Å². The number of nitrogens with zero attached hydrogens (tertiary/aromatic N) is 2. The van der Waals surface area contributed by atoms with E-state index in [9.17, 15) is 5.11 Å². The van der Waals surface area contributed by atoms with Gasteiger partial charge in [0, 0.05) is 37.3 Å². The molecule has 2 aromatic heterocycles. The molecule has 5 nitrogen and oxygen atoms in total. The normalized spacial score (nSPS) is 16.6. The molecule has 2 N–H and O–H groups in total. The van der Waals surface area contributed by atoms with Crippen LogP contribution in [-0.2, 0) is 13.6 Å². The summed E-state index contributed by atoms with van der Waals surface area (Å²) in [5.74, 6) is 0.783. The monoisotopic (exact) mass is 311 g/mol. The van der Waals surface area contributed by atoms with E-state index in [0.29, 0.717) is 13.1 Å². The highest BCUT2D eigenvalue weighted by Gasteiger charge is 2.33. The Bertz CT molecular complexity index is 797. The molecule has 0 spiro atoms. The number of hydrogen-bond acceptors (Lipinski definition) is 4. The van der Waals surface area contributed by atoms with Gasteiger partial charge in [0.05, 0.1) is 5.60 Å². The molecule has 120 valence electrons. The summed E-state index contributed by atoms with van der Waals surface area (Å²) in [5.41, 5.74) is 2.30. The molecule has 0 saturated heterocycles. The van der Waals surface area contributed by atoms with Crippen molar-refractivity contribution in [1.82, 2.24) is 15.1 Å². The molecule has 1 fully saturated rings. The van der Waals surface area contributed by atoms with Gasteiger partial charge >= 0.3 is 0 Å². The third kappa shape index (κ3) is 2.78. The van der Waals surface area contributed by atoms with Gasteiger partial charge in [0.1, 0.15) is 11.3 Å². The fourth-order valence-corrected chi connectivity index (χ4v) is 3.16. The van der Waals surface area contributed by atoms with Crippen molar-refractivity contribution in [2.75, 3.05) is 6.54 Å². The van der Waals surface area contributed by atoms with E-state index in [0.717, 1.165) is 47.2 Å². The predicted molar refractivity (Wildman–Crippen MR) is 88.9 cm³/mol. The SMILES string of the molecule is Cn1cc(CNCC2(O)CCC2)c(-c2cc3ccccc3o2)n1. The van der Waals surface area contributed by atoms with E-state index in [-0.39, 0.29) is 0 Å². The van der Waals surface area contributed by atoms with Crippen LogP contribution < -0.4 is 5.32 Å². The summed E-state index contributed by atoms with van der Waals surface area (Å²) in [7, 11) is 1.91. The Morgan fingerprint density at radius 3 is 2.91 bits per heavy atom. The Hall–Kier alpha value is -2.11. The highest BCUT2D eigenvalue weighted by molar-refractivity contribution is 5.82. The second kappa shape index (κ2) is 5.51. The van der Waals surface area contributed by atoms with Crippen LogP contribution in [0.3, 0.4) is 0 Å². The lowest BCUT2D eigenvalue weighted by Crippen LogP contribution is -2.45. The van der Waals surface area contributed by atoms with Crippen molar-refractivity contribution < 1.29 is 9.52 Å². The second-order valence-electron chi connectivity index (χ2n) is 6.51. The van der Waals surface area contributed by atoms with Gasteiger partial charge in [-0.2, -0.15) is 5.10 Å². The molecule has 5 heteroatoms. The molecule has 23 heavy (non-hydrogen) atoms. The summed E-state index contributed by atoms with van der Waals surface area (Å²) in [6.45, 7) is 1.30. The minimum atomic E-state index is -0.512. The molecule has 1 saturated carbocycles. The Labute approximate surface area is 134 Å². The molecule has 4 rings (SSSR count). The van der Waals surface area contributed by atoms with E-state index < -0.39 is 5.60 Å². The lowest BCUT2D eigenvalue weighted by atomic mass is 9.80. The molecule has 0 bridgehead atoms. The van der Waals surface area contributed by atoms with Crippen LogP contribution >= 0.6 is 0 Å². The maximum Gasteiger partial charge on any atom is 0.156 e. The molecule has 0 radical (unpaired) electrons. The fraction of sp³-hybridized carbons (Fsp3) is 0.389. The van der Waals surface area contributed by atoms with Crippen LogP contribution in [0.4, 0.5) is 0 Å². The molecule has 2 heterocycles. The molecule has 3 aromatic rings. The highest BCUT2D eigenvalue weighted by atomic mass is 16.3. The number of aromatic nitrogens is 2. The Morgan fingerprint density at radius 2 is 2.17 bits per heavy atom. The first-order valence-corrected chi connectivity index (χ1v) is 8.08. The van der Waals surface area contributed by atoms with Crippen LogP contribution in [-0.4, -0.2) is 27.0 Å². The molecule has 1 aliphatic rings. The molecule has 0 aliphatic heterocycles. The second-order valence-corrected chi connectivity index (χ2v) is 6.51. The zero-order valence-corrected chi connectivity index (χ0v) is 13.2. The summed E-state index contributed by atoms with van der Waals surface area (Å²) in [6, 6.07) is 10.00. The predicted octanol–water partition coefficient (Wildman–Crippen LogP) is 2.84. The first-order chi connectivity index (χ1) is 11.1. The fourth-order valence-electron chi connectivity index (χ4n) is 3.16. The van der Waals surface area contributed by atoms with E-state index in [1.807, 2.05) is 43.6 Å².